The molecule has 0 saturated heterocycles. The number of furan rings is 1. The van der Waals surface area contributed by atoms with Crippen molar-refractivity contribution in [3.8, 4) is 0 Å². The van der Waals surface area contributed by atoms with Gasteiger partial charge in [-0.1, -0.05) is 37.3 Å². The topological polar surface area (TPSA) is 60.1 Å². The van der Waals surface area contributed by atoms with Gasteiger partial charge in [0.2, 0.25) is 5.91 Å². The Balaban J connectivity index is 1.60. The summed E-state index contributed by atoms with van der Waals surface area (Å²) < 4.78 is 7.56. The highest BCUT2D eigenvalue weighted by molar-refractivity contribution is 5.77. The molecular weight excluding hydrogens is 338 g/mol. The molecule has 5 heteroatoms. The molecule has 0 fully saturated rings. The van der Waals surface area contributed by atoms with Gasteiger partial charge >= 0.3 is 0 Å². The van der Waals surface area contributed by atoms with E-state index < -0.39 is 0 Å². The van der Waals surface area contributed by atoms with Crippen LogP contribution >= 0.6 is 0 Å². The van der Waals surface area contributed by atoms with Crippen molar-refractivity contribution >= 4 is 5.91 Å². The van der Waals surface area contributed by atoms with Crippen molar-refractivity contribution in [2.24, 2.45) is 0 Å². The zero-order valence-electron chi connectivity index (χ0n) is 16.2. The van der Waals surface area contributed by atoms with E-state index in [0.717, 1.165) is 23.4 Å². The molecule has 1 atom stereocenters. The first-order valence-corrected chi connectivity index (χ1v) is 9.48. The van der Waals surface area contributed by atoms with Crippen molar-refractivity contribution in [3.63, 3.8) is 0 Å². The van der Waals surface area contributed by atoms with E-state index in [4.69, 9.17) is 4.42 Å². The number of benzene rings is 1. The lowest BCUT2D eigenvalue weighted by Crippen LogP contribution is -2.29. The van der Waals surface area contributed by atoms with E-state index >= 15 is 0 Å². The minimum Gasteiger partial charge on any atom is -0.469 e. The Hall–Kier alpha value is -2.82. The number of nitrogens with one attached hydrogen (secondary N) is 1. The molecule has 1 aromatic carbocycles. The fourth-order valence-electron chi connectivity index (χ4n) is 3.58. The molecule has 0 bridgehead atoms. The van der Waals surface area contributed by atoms with Crippen LogP contribution in [0, 0.1) is 13.8 Å². The maximum atomic E-state index is 12.5. The number of hydrogen-bond donors (Lipinski definition) is 1. The first-order chi connectivity index (χ1) is 13.1. The number of hydrogen-bond acceptors (Lipinski definition) is 3. The van der Waals surface area contributed by atoms with Crippen LogP contribution in [-0.2, 0) is 17.8 Å². The molecule has 1 N–H and O–H groups in total. The average Bonchev–Trinajstić information content (AvgIpc) is 3.29. The Morgan fingerprint density at radius 2 is 1.96 bits per heavy atom. The Morgan fingerprint density at radius 1 is 1.19 bits per heavy atom. The van der Waals surface area contributed by atoms with Crippen molar-refractivity contribution in [1.82, 2.24) is 15.1 Å². The Bertz CT molecular complexity index is 867. The molecule has 5 nitrogen and oxygen atoms in total. The zero-order chi connectivity index (χ0) is 19.2. The summed E-state index contributed by atoms with van der Waals surface area (Å²) in [5.74, 6) is 0.738. The van der Waals surface area contributed by atoms with Crippen LogP contribution in [-0.4, -0.2) is 22.2 Å². The van der Waals surface area contributed by atoms with Crippen LogP contribution < -0.4 is 5.32 Å². The molecule has 3 aromatic rings. The summed E-state index contributed by atoms with van der Waals surface area (Å²) in [6.07, 6.45) is 2.98. The zero-order valence-corrected chi connectivity index (χ0v) is 16.2. The first kappa shape index (κ1) is 19.0. The van der Waals surface area contributed by atoms with Gasteiger partial charge in [-0.3, -0.25) is 9.48 Å². The summed E-state index contributed by atoms with van der Waals surface area (Å²) in [4.78, 5) is 12.5. The molecule has 3 rings (SSSR count). The smallest absolute Gasteiger partial charge is 0.221 e. The Labute approximate surface area is 160 Å². The monoisotopic (exact) mass is 365 g/mol. The quantitative estimate of drug-likeness (QED) is 0.656. The van der Waals surface area contributed by atoms with Crippen molar-refractivity contribution in [2.45, 2.75) is 46.1 Å². The van der Waals surface area contributed by atoms with Crippen molar-refractivity contribution in [1.29, 1.82) is 0 Å². The normalized spacial score (nSPS) is 12.1. The van der Waals surface area contributed by atoms with Gasteiger partial charge < -0.3 is 9.73 Å². The molecule has 0 radical (unpaired) electrons. The first-order valence-electron chi connectivity index (χ1n) is 9.48. The largest absolute Gasteiger partial charge is 0.469 e. The molecule has 27 heavy (non-hydrogen) atoms. The van der Waals surface area contributed by atoms with Crippen molar-refractivity contribution in [3.05, 3.63) is 77.0 Å². The number of nitrogens with zero attached hydrogens (tertiary/aromatic N) is 2. The van der Waals surface area contributed by atoms with Crippen LogP contribution in [0.5, 0.6) is 0 Å². The van der Waals surface area contributed by atoms with Gasteiger partial charge in [0.1, 0.15) is 5.76 Å². The van der Waals surface area contributed by atoms with E-state index in [1.54, 1.807) is 6.26 Å². The minimum atomic E-state index is -0.0819. The summed E-state index contributed by atoms with van der Waals surface area (Å²) in [7, 11) is 0. The highest BCUT2D eigenvalue weighted by Gasteiger charge is 2.20. The van der Waals surface area contributed by atoms with Crippen LogP contribution in [0.2, 0.25) is 0 Å². The molecule has 1 amide bonds. The fraction of sp³-hybridized carbons (Fsp3) is 0.364. The van der Waals surface area contributed by atoms with E-state index in [2.05, 4.69) is 24.3 Å². The van der Waals surface area contributed by atoms with E-state index in [-0.39, 0.29) is 11.8 Å². The number of carbonyl (C=O) groups excluding carboxylic acids is 1. The van der Waals surface area contributed by atoms with Crippen LogP contribution in [0.25, 0.3) is 0 Å². The maximum absolute atomic E-state index is 12.5. The predicted molar refractivity (Wildman–Crippen MR) is 106 cm³/mol. The third kappa shape index (κ3) is 4.48. The minimum absolute atomic E-state index is 0.0116. The molecule has 0 spiro atoms. The molecule has 0 aliphatic heterocycles. The summed E-state index contributed by atoms with van der Waals surface area (Å²) >= 11 is 0. The van der Waals surface area contributed by atoms with E-state index in [1.165, 1.54) is 11.3 Å². The van der Waals surface area contributed by atoms with Crippen molar-refractivity contribution < 1.29 is 9.21 Å². The van der Waals surface area contributed by atoms with Crippen LogP contribution in [0.3, 0.4) is 0 Å². The fourth-order valence-corrected chi connectivity index (χ4v) is 3.58. The van der Waals surface area contributed by atoms with Gasteiger partial charge in [-0.15, -0.1) is 0 Å². The molecule has 0 aliphatic carbocycles. The lowest BCUT2D eigenvalue weighted by atomic mass is 9.93. The van der Waals surface area contributed by atoms with Gasteiger partial charge in [0.25, 0.3) is 0 Å². The summed E-state index contributed by atoms with van der Waals surface area (Å²) in [5, 5.41) is 7.60. The SMILES string of the molecule is CCc1c(C)nn(CCNC(=O)C[C@H](c2ccccc2)c2ccco2)c1C. The number of carbonyl (C=O) groups is 1. The maximum Gasteiger partial charge on any atom is 0.221 e. The standard InChI is InChI=1S/C22H27N3O2/c1-4-19-16(2)24-25(17(19)3)13-12-23-22(26)15-20(21-11-8-14-27-21)18-9-6-5-7-10-18/h5-11,14,20H,4,12-13,15H2,1-3H3,(H,23,26)/t20-/m1/s1. The van der Waals surface area contributed by atoms with Crippen LogP contribution in [0.1, 0.15) is 47.5 Å². The van der Waals surface area contributed by atoms with Gasteiger partial charge in [0, 0.05) is 18.7 Å². The van der Waals surface area contributed by atoms with Gasteiger partial charge in [-0.2, -0.15) is 5.10 Å². The Kier molecular flexibility index (Phi) is 6.12. The summed E-state index contributed by atoms with van der Waals surface area (Å²) in [5.41, 5.74) is 4.63. The summed E-state index contributed by atoms with van der Waals surface area (Å²) in [6, 6.07) is 13.8. The Morgan fingerprint density at radius 3 is 2.59 bits per heavy atom. The predicted octanol–water partition coefficient (Wildman–Crippen LogP) is 3.99. The van der Waals surface area contributed by atoms with Crippen molar-refractivity contribution in [2.75, 3.05) is 6.54 Å². The van der Waals surface area contributed by atoms with Crippen LogP contribution in [0.4, 0.5) is 0 Å². The van der Waals surface area contributed by atoms with E-state index in [9.17, 15) is 4.79 Å². The van der Waals surface area contributed by atoms with Gasteiger partial charge in [-0.05, 0) is 43.5 Å². The number of rotatable bonds is 8. The molecule has 0 aliphatic rings. The number of aryl methyl sites for hydroxylation is 1. The molecule has 2 aromatic heterocycles. The lowest BCUT2D eigenvalue weighted by Gasteiger charge is -2.15. The van der Waals surface area contributed by atoms with Crippen LogP contribution in [0.15, 0.2) is 53.1 Å². The molecule has 0 saturated carbocycles. The van der Waals surface area contributed by atoms with E-state index in [1.807, 2.05) is 54.1 Å². The molecule has 142 valence electrons. The molecule has 0 unspecified atom stereocenters. The highest BCUT2D eigenvalue weighted by Crippen LogP contribution is 2.28. The lowest BCUT2D eigenvalue weighted by molar-refractivity contribution is -0.121. The number of amides is 1. The second-order valence-corrected chi connectivity index (χ2v) is 6.76. The average molecular weight is 365 g/mol. The van der Waals surface area contributed by atoms with Gasteiger partial charge in [-0.25, -0.2) is 0 Å². The van der Waals surface area contributed by atoms with Gasteiger partial charge in [0.15, 0.2) is 0 Å². The molecule has 2 heterocycles. The number of aromatic nitrogens is 2. The second kappa shape index (κ2) is 8.71. The van der Waals surface area contributed by atoms with E-state index in [0.29, 0.717) is 19.5 Å². The third-order valence-electron chi connectivity index (χ3n) is 5.01. The van der Waals surface area contributed by atoms with Gasteiger partial charge in [0.05, 0.1) is 24.4 Å². The highest BCUT2D eigenvalue weighted by atomic mass is 16.3. The third-order valence-corrected chi connectivity index (χ3v) is 5.01. The molecular formula is C22H27N3O2. The second-order valence-electron chi connectivity index (χ2n) is 6.76. The summed E-state index contributed by atoms with van der Waals surface area (Å²) in [6.45, 7) is 7.50.